The number of likely N-dealkylation sites (tertiary alicyclic amines) is 1. The molecule has 1 atom stereocenters. The maximum absolute atomic E-state index is 11.3. The van der Waals surface area contributed by atoms with Crippen LogP contribution in [0.15, 0.2) is 18.3 Å². The van der Waals surface area contributed by atoms with Crippen LogP contribution in [0, 0.1) is 18.8 Å². The molecule has 1 aliphatic carbocycles. The lowest BCUT2D eigenvalue weighted by Gasteiger charge is -2.43. The minimum absolute atomic E-state index is 0.134. The molecule has 1 unspecified atom stereocenters. The van der Waals surface area contributed by atoms with Gasteiger partial charge in [-0.3, -0.25) is 9.69 Å². The fraction of sp³-hybridized carbons (Fsp3) is 0.609. The molecule has 1 aromatic carbocycles. The molecular weight excluding hydrogens is 352 g/mol. The molecule has 5 heteroatoms. The number of methoxy groups -OCH3 is 1. The lowest BCUT2D eigenvalue weighted by atomic mass is 9.76. The predicted molar refractivity (Wildman–Crippen MR) is 111 cm³/mol. The van der Waals surface area contributed by atoms with Crippen molar-refractivity contribution in [3.8, 4) is 5.75 Å². The van der Waals surface area contributed by atoms with Crippen LogP contribution in [0.2, 0.25) is 0 Å². The van der Waals surface area contributed by atoms with Crippen LogP contribution >= 0.6 is 0 Å². The highest BCUT2D eigenvalue weighted by molar-refractivity contribution is 5.88. The molecule has 0 radical (unpaired) electrons. The molecule has 1 saturated heterocycles. The van der Waals surface area contributed by atoms with Gasteiger partial charge in [0.05, 0.1) is 13.0 Å². The van der Waals surface area contributed by atoms with Crippen molar-refractivity contribution in [2.24, 2.45) is 11.8 Å². The van der Waals surface area contributed by atoms with E-state index in [9.17, 15) is 9.90 Å². The summed E-state index contributed by atoms with van der Waals surface area (Å²) in [4.78, 5) is 17.3. The molecule has 0 bridgehead atoms. The number of benzene rings is 1. The average Bonchev–Trinajstić information content (AvgIpc) is 3.21. The number of aromatic amines is 1. The fourth-order valence-corrected chi connectivity index (χ4v) is 5.48. The molecule has 28 heavy (non-hydrogen) atoms. The molecule has 4 rings (SSSR count). The van der Waals surface area contributed by atoms with Crippen LogP contribution in [0.3, 0.4) is 0 Å². The minimum atomic E-state index is -0.613. The maximum atomic E-state index is 11.3. The van der Waals surface area contributed by atoms with E-state index in [0.717, 1.165) is 44.5 Å². The summed E-state index contributed by atoms with van der Waals surface area (Å²) in [5.41, 5.74) is 3.68. The topological polar surface area (TPSA) is 65.6 Å². The quantitative estimate of drug-likeness (QED) is 0.782. The van der Waals surface area contributed by atoms with E-state index >= 15 is 0 Å². The van der Waals surface area contributed by atoms with Gasteiger partial charge in [0.25, 0.3) is 0 Å². The molecule has 1 aromatic heterocycles. The van der Waals surface area contributed by atoms with Gasteiger partial charge in [0, 0.05) is 35.2 Å². The highest BCUT2D eigenvalue weighted by atomic mass is 16.5. The third kappa shape index (κ3) is 3.64. The van der Waals surface area contributed by atoms with Crippen molar-refractivity contribution in [2.75, 3.05) is 13.7 Å². The Morgan fingerprint density at radius 1 is 1.25 bits per heavy atom. The Morgan fingerprint density at radius 2 is 2.04 bits per heavy atom. The van der Waals surface area contributed by atoms with Crippen molar-refractivity contribution >= 4 is 16.9 Å². The van der Waals surface area contributed by atoms with Crippen molar-refractivity contribution in [1.82, 2.24) is 9.88 Å². The number of nitrogens with zero attached hydrogens (tertiary/aromatic N) is 1. The number of ether oxygens (including phenoxy) is 1. The normalized spacial score (nSPS) is 26.4. The van der Waals surface area contributed by atoms with E-state index in [1.165, 1.54) is 41.3 Å². The average molecular weight is 385 g/mol. The summed E-state index contributed by atoms with van der Waals surface area (Å²) in [7, 11) is 1.76. The van der Waals surface area contributed by atoms with E-state index in [-0.39, 0.29) is 5.92 Å². The van der Waals surface area contributed by atoms with Gasteiger partial charge < -0.3 is 14.8 Å². The number of nitrogens with one attached hydrogen (secondary N) is 1. The van der Waals surface area contributed by atoms with Crippen LogP contribution in [0.5, 0.6) is 5.75 Å². The zero-order chi connectivity index (χ0) is 19.7. The number of hydrogen-bond acceptors (Lipinski definition) is 3. The number of fused-ring (bicyclic) bond motifs is 1. The lowest BCUT2D eigenvalue weighted by Crippen LogP contribution is -2.45. The number of piperidine rings is 1. The van der Waals surface area contributed by atoms with Crippen LogP contribution in [0.4, 0.5) is 0 Å². The van der Waals surface area contributed by atoms with Crippen molar-refractivity contribution in [3.05, 3.63) is 29.5 Å². The highest BCUT2D eigenvalue weighted by Crippen LogP contribution is 2.38. The van der Waals surface area contributed by atoms with E-state index in [1.807, 2.05) is 6.20 Å². The Labute approximate surface area is 167 Å². The summed E-state index contributed by atoms with van der Waals surface area (Å²) in [5, 5.41) is 10.6. The molecule has 1 aliphatic heterocycles. The monoisotopic (exact) mass is 384 g/mol. The molecule has 2 heterocycles. The number of hydrogen-bond donors (Lipinski definition) is 2. The Balaban J connectivity index is 1.56. The number of aliphatic carboxylic acids is 1. The summed E-state index contributed by atoms with van der Waals surface area (Å²) in [5.74, 6) is 0.848. The third-order valence-electron chi connectivity index (χ3n) is 7.02. The van der Waals surface area contributed by atoms with Crippen molar-refractivity contribution in [2.45, 2.75) is 64.5 Å². The van der Waals surface area contributed by atoms with Crippen molar-refractivity contribution in [1.29, 1.82) is 0 Å². The van der Waals surface area contributed by atoms with E-state index in [4.69, 9.17) is 4.74 Å². The summed E-state index contributed by atoms with van der Waals surface area (Å²) < 4.78 is 5.76. The van der Waals surface area contributed by atoms with E-state index in [0.29, 0.717) is 12.0 Å². The molecule has 1 saturated carbocycles. The van der Waals surface area contributed by atoms with E-state index in [1.54, 1.807) is 7.11 Å². The highest BCUT2D eigenvalue weighted by Gasteiger charge is 2.35. The standard InChI is InChI=1S/C23H32N2O3/c1-15-13-21(28-2)19(18-10-11-24-22(15)18)14-25-12-4-3-5-20(25)16-6-8-17(9-7-16)23(26)27/h10-11,13,16-17,20,24H,3-9,12,14H2,1-2H3,(H,26,27)/t16-,17-,20?. The van der Waals surface area contributed by atoms with E-state index < -0.39 is 5.97 Å². The predicted octanol–water partition coefficient (Wildman–Crippen LogP) is 4.73. The first-order valence-electron chi connectivity index (χ1n) is 10.7. The maximum Gasteiger partial charge on any atom is 0.306 e. The minimum Gasteiger partial charge on any atom is -0.496 e. The molecule has 2 fully saturated rings. The first kappa shape index (κ1) is 19.3. The molecular formula is C23H32N2O3. The van der Waals surface area contributed by atoms with Crippen LogP contribution in [0.1, 0.15) is 56.1 Å². The van der Waals surface area contributed by atoms with Gasteiger partial charge in [0.1, 0.15) is 5.75 Å². The number of carboxylic acids is 1. The van der Waals surface area contributed by atoms with Gasteiger partial charge in [0.15, 0.2) is 0 Å². The second kappa shape index (κ2) is 8.16. The number of aryl methyl sites for hydroxylation is 1. The first-order valence-corrected chi connectivity index (χ1v) is 10.7. The lowest BCUT2D eigenvalue weighted by molar-refractivity contribution is -0.143. The second-order valence-corrected chi connectivity index (χ2v) is 8.62. The molecule has 2 aromatic rings. The van der Waals surface area contributed by atoms with Crippen molar-refractivity contribution in [3.63, 3.8) is 0 Å². The first-order chi connectivity index (χ1) is 13.6. The molecule has 5 nitrogen and oxygen atoms in total. The number of aromatic nitrogens is 1. The third-order valence-corrected chi connectivity index (χ3v) is 7.02. The summed E-state index contributed by atoms with van der Waals surface area (Å²) in [6.07, 6.45) is 9.52. The molecule has 2 N–H and O–H groups in total. The Hall–Kier alpha value is -2.01. The van der Waals surface area contributed by atoms with Gasteiger partial charge in [-0.25, -0.2) is 0 Å². The fourth-order valence-electron chi connectivity index (χ4n) is 5.48. The zero-order valence-electron chi connectivity index (χ0n) is 17.0. The molecule has 152 valence electrons. The van der Waals surface area contributed by atoms with Gasteiger partial charge in [-0.05, 0) is 75.6 Å². The largest absolute Gasteiger partial charge is 0.496 e. The number of H-pyrrole nitrogens is 1. The summed E-state index contributed by atoms with van der Waals surface area (Å²) >= 11 is 0. The molecule has 0 amide bonds. The Morgan fingerprint density at radius 3 is 2.75 bits per heavy atom. The van der Waals surface area contributed by atoms with Crippen LogP contribution < -0.4 is 4.74 Å². The van der Waals surface area contributed by atoms with Gasteiger partial charge in [0.2, 0.25) is 0 Å². The second-order valence-electron chi connectivity index (χ2n) is 8.62. The van der Waals surface area contributed by atoms with Gasteiger partial charge in [-0.15, -0.1) is 0 Å². The number of rotatable bonds is 5. The van der Waals surface area contributed by atoms with Crippen LogP contribution in [-0.4, -0.2) is 40.7 Å². The SMILES string of the molecule is COc1cc(C)c2[nH]ccc2c1CN1CCCCC1[C@H]1CC[C@H](C(=O)O)CC1. The smallest absolute Gasteiger partial charge is 0.306 e. The Bertz CT molecular complexity index is 836. The number of carbonyl (C=O) groups is 1. The van der Waals surface area contributed by atoms with Gasteiger partial charge >= 0.3 is 5.97 Å². The van der Waals surface area contributed by atoms with Crippen LogP contribution in [0.25, 0.3) is 10.9 Å². The zero-order valence-corrected chi connectivity index (χ0v) is 17.0. The van der Waals surface area contributed by atoms with Crippen LogP contribution in [-0.2, 0) is 11.3 Å². The summed E-state index contributed by atoms with van der Waals surface area (Å²) in [6, 6.07) is 4.87. The molecule has 2 aliphatic rings. The number of carboxylic acid groups (broad SMARTS) is 1. The van der Waals surface area contributed by atoms with Gasteiger partial charge in [-0.2, -0.15) is 0 Å². The summed E-state index contributed by atoms with van der Waals surface area (Å²) in [6.45, 7) is 4.14. The van der Waals surface area contributed by atoms with E-state index in [2.05, 4.69) is 28.9 Å². The van der Waals surface area contributed by atoms with Gasteiger partial charge in [-0.1, -0.05) is 6.42 Å². The Kier molecular flexibility index (Phi) is 5.63. The molecule has 0 spiro atoms. The van der Waals surface area contributed by atoms with Crippen molar-refractivity contribution < 1.29 is 14.6 Å².